The van der Waals surface area contributed by atoms with Gasteiger partial charge in [-0.1, -0.05) is 18.5 Å². The van der Waals surface area contributed by atoms with Crippen molar-refractivity contribution >= 4 is 11.6 Å². The molecule has 1 aliphatic rings. The fraction of sp³-hybridized carbons (Fsp3) is 0.800. The van der Waals surface area contributed by atoms with Crippen LogP contribution in [-0.4, -0.2) is 54.1 Å². The minimum Gasteiger partial charge on any atom is -0.374 e. The maximum absolute atomic E-state index is 6.39. The van der Waals surface area contributed by atoms with Crippen molar-refractivity contribution < 1.29 is 4.74 Å². The van der Waals surface area contributed by atoms with Gasteiger partial charge in [0.05, 0.1) is 35.7 Å². The second kappa shape index (κ2) is 7.58. The number of hydrogen-bond donors (Lipinski definition) is 1. The SMILES string of the molecule is CCCN1CCOC(C(NC)c2c(Cl)cnn2C(C)C)C1. The van der Waals surface area contributed by atoms with Crippen LogP contribution in [0.2, 0.25) is 5.02 Å². The predicted octanol–water partition coefficient (Wildman–Crippen LogP) is 2.49. The minimum absolute atomic E-state index is 0.0575. The molecule has 2 unspecified atom stereocenters. The van der Waals surface area contributed by atoms with Crippen LogP contribution in [0.3, 0.4) is 0 Å². The van der Waals surface area contributed by atoms with Crippen molar-refractivity contribution in [3.63, 3.8) is 0 Å². The van der Waals surface area contributed by atoms with Crippen molar-refractivity contribution in [2.45, 2.75) is 45.4 Å². The molecule has 1 saturated heterocycles. The fourth-order valence-corrected chi connectivity index (χ4v) is 3.25. The van der Waals surface area contributed by atoms with Crippen LogP contribution in [0.1, 0.15) is 45.0 Å². The maximum Gasteiger partial charge on any atom is 0.0912 e. The summed E-state index contributed by atoms with van der Waals surface area (Å²) in [4.78, 5) is 2.46. The van der Waals surface area contributed by atoms with Crippen molar-refractivity contribution in [1.29, 1.82) is 0 Å². The normalized spacial score (nSPS) is 21.9. The Hall–Kier alpha value is -0.620. The zero-order valence-corrected chi connectivity index (χ0v) is 14.2. The Balaban J connectivity index is 2.21. The van der Waals surface area contributed by atoms with Crippen LogP contribution in [0.4, 0.5) is 0 Å². The van der Waals surface area contributed by atoms with Gasteiger partial charge in [0.25, 0.3) is 0 Å². The van der Waals surface area contributed by atoms with E-state index in [-0.39, 0.29) is 18.2 Å². The molecule has 0 bridgehead atoms. The quantitative estimate of drug-likeness (QED) is 0.876. The van der Waals surface area contributed by atoms with Gasteiger partial charge in [-0.15, -0.1) is 0 Å². The lowest BCUT2D eigenvalue weighted by Crippen LogP contribution is -2.48. The molecule has 0 amide bonds. The number of ether oxygens (including phenoxy) is 1. The van der Waals surface area contributed by atoms with Crippen LogP contribution in [0.25, 0.3) is 0 Å². The second-order valence-electron chi connectivity index (χ2n) is 5.89. The van der Waals surface area contributed by atoms with E-state index in [1.807, 2.05) is 11.7 Å². The largest absolute Gasteiger partial charge is 0.374 e. The highest BCUT2D eigenvalue weighted by Crippen LogP contribution is 2.30. The first kappa shape index (κ1) is 16.7. The van der Waals surface area contributed by atoms with Crippen LogP contribution in [0.5, 0.6) is 0 Å². The Morgan fingerprint density at radius 2 is 2.29 bits per heavy atom. The molecule has 2 rings (SSSR count). The van der Waals surface area contributed by atoms with Crippen LogP contribution in [0.15, 0.2) is 6.20 Å². The van der Waals surface area contributed by atoms with Crippen LogP contribution in [0, 0.1) is 0 Å². The first-order valence-corrected chi connectivity index (χ1v) is 8.20. The van der Waals surface area contributed by atoms with E-state index in [4.69, 9.17) is 16.3 Å². The average molecular weight is 315 g/mol. The smallest absolute Gasteiger partial charge is 0.0912 e. The van der Waals surface area contributed by atoms with Gasteiger partial charge in [0.1, 0.15) is 0 Å². The summed E-state index contributed by atoms with van der Waals surface area (Å²) in [5.74, 6) is 0. The van der Waals surface area contributed by atoms with Crippen LogP contribution < -0.4 is 5.32 Å². The number of likely N-dealkylation sites (N-methyl/N-ethyl adjacent to an activating group) is 1. The monoisotopic (exact) mass is 314 g/mol. The van der Waals surface area contributed by atoms with Crippen molar-refractivity contribution in [2.75, 3.05) is 33.3 Å². The molecule has 0 radical (unpaired) electrons. The van der Waals surface area contributed by atoms with Gasteiger partial charge in [0.2, 0.25) is 0 Å². The fourth-order valence-electron chi connectivity index (χ4n) is 3.00. The molecule has 1 N–H and O–H groups in total. The van der Waals surface area contributed by atoms with E-state index in [9.17, 15) is 0 Å². The molecule has 2 heterocycles. The second-order valence-corrected chi connectivity index (χ2v) is 6.30. The molecule has 1 aromatic rings. The van der Waals surface area contributed by atoms with E-state index in [1.54, 1.807) is 6.20 Å². The molecular formula is C15H27ClN4O. The van der Waals surface area contributed by atoms with Gasteiger partial charge in [0.15, 0.2) is 0 Å². The molecule has 0 spiro atoms. The van der Waals surface area contributed by atoms with Crippen molar-refractivity contribution in [2.24, 2.45) is 0 Å². The summed E-state index contributed by atoms with van der Waals surface area (Å²) in [7, 11) is 1.96. The van der Waals surface area contributed by atoms with Gasteiger partial charge in [-0.2, -0.15) is 5.10 Å². The molecular weight excluding hydrogens is 288 g/mol. The lowest BCUT2D eigenvalue weighted by atomic mass is 10.0. The highest BCUT2D eigenvalue weighted by atomic mass is 35.5. The van der Waals surface area contributed by atoms with Gasteiger partial charge in [-0.25, -0.2) is 0 Å². The van der Waals surface area contributed by atoms with Crippen LogP contribution >= 0.6 is 11.6 Å². The van der Waals surface area contributed by atoms with Gasteiger partial charge < -0.3 is 10.1 Å². The number of halogens is 1. The van der Waals surface area contributed by atoms with Gasteiger partial charge in [-0.3, -0.25) is 9.58 Å². The molecule has 120 valence electrons. The number of hydrogen-bond acceptors (Lipinski definition) is 4. The Morgan fingerprint density at radius 1 is 1.52 bits per heavy atom. The summed E-state index contributed by atoms with van der Waals surface area (Å²) in [5, 5.41) is 8.49. The van der Waals surface area contributed by atoms with E-state index in [2.05, 4.69) is 36.1 Å². The summed E-state index contributed by atoms with van der Waals surface area (Å²) in [6, 6.07) is 0.334. The molecule has 0 aromatic carbocycles. The lowest BCUT2D eigenvalue weighted by Gasteiger charge is -2.37. The summed E-state index contributed by atoms with van der Waals surface area (Å²) in [5.41, 5.74) is 1.03. The van der Waals surface area contributed by atoms with Crippen molar-refractivity contribution in [3.8, 4) is 0 Å². The van der Waals surface area contributed by atoms with E-state index in [0.29, 0.717) is 5.02 Å². The number of rotatable bonds is 6. The average Bonchev–Trinajstić information content (AvgIpc) is 2.83. The minimum atomic E-state index is 0.0575. The molecule has 2 atom stereocenters. The third kappa shape index (κ3) is 3.77. The van der Waals surface area contributed by atoms with E-state index in [1.165, 1.54) is 6.42 Å². The molecule has 21 heavy (non-hydrogen) atoms. The number of nitrogens with one attached hydrogen (secondary N) is 1. The standard InChI is InChI=1S/C15H27ClN4O/c1-5-6-19-7-8-21-13(10-19)14(17-4)15-12(16)9-18-20(15)11(2)3/h9,11,13-14,17H,5-8,10H2,1-4H3. The topological polar surface area (TPSA) is 42.3 Å². The Labute approximate surface area is 132 Å². The highest BCUT2D eigenvalue weighted by Gasteiger charge is 2.32. The number of nitrogens with zero attached hydrogens (tertiary/aromatic N) is 3. The van der Waals surface area contributed by atoms with Crippen molar-refractivity contribution in [1.82, 2.24) is 20.0 Å². The number of morpholine rings is 1. The maximum atomic E-state index is 6.39. The van der Waals surface area contributed by atoms with E-state index < -0.39 is 0 Å². The molecule has 0 saturated carbocycles. The van der Waals surface area contributed by atoms with E-state index in [0.717, 1.165) is 31.9 Å². The molecule has 1 aromatic heterocycles. The lowest BCUT2D eigenvalue weighted by molar-refractivity contribution is -0.0473. The molecule has 5 nitrogen and oxygen atoms in total. The van der Waals surface area contributed by atoms with E-state index >= 15 is 0 Å². The summed E-state index contributed by atoms with van der Waals surface area (Å²) in [6.07, 6.45) is 3.00. The molecule has 6 heteroatoms. The first-order valence-electron chi connectivity index (χ1n) is 7.82. The summed E-state index contributed by atoms with van der Waals surface area (Å²) < 4.78 is 8.01. The zero-order valence-electron chi connectivity index (χ0n) is 13.5. The Morgan fingerprint density at radius 3 is 2.90 bits per heavy atom. The third-order valence-electron chi connectivity index (χ3n) is 3.97. The summed E-state index contributed by atoms with van der Waals surface area (Å²) in [6.45, 7) is 10.3. The Kier molecular flexibility index (Phi) is 6.05. The molecule has 1 fully saturated rings. The highest BCUT2D eigenvalue weighted by molar-refractivity contribution is 6.31. The number of aromatic nitrogens is 2. The zero-order chi connectivity index (χ0) is 15.4. The van der Waals surface area contributed by atoms with Crippen molar-refractivity contribution in [3.05, 3.63) is 16.9 Å². The third-order valence-corrected chi connectivity index (χ3v) is 4.26. The molecule has 0 aliphatic carbocycles. The molecule has 1 aliphatic heterocycles. The first-order chi connectivity index (χ1) is 10.1. The summed E-state index contributed by atoms with van der Waals surface area (Å²) >= 11 is 6.39. The Bertz CT molecular complexity index is 447. The van der Waals surface area contributed by atoms with Gasteiger partial charge >= 0.3 is 0 Å². The van der Waals surface area contributed by atoms with Gasteiger partial charge in [-0.05, 0) is 33.9 Å². The van der Waals surface area contributed by atoms with Crippen LogP contribution in [-0.2, 0) is 4.74 Å². The van der Waals surface area contributed by atoms with Gasteiger partial charge in [0, 0.05) is 19.1 Å². The predicted molar refractivity (Wildman–Crippen MR) is 85.9 cm³/mol.